The fraction of sp³-hybridized carbons (Fsp3) is 0.933. The molecule has 0 amide bonds. The SMILES string of the molecule is COC(=O)C(C)(CCN1CCC(OC)CC1)NC(C)C. The first-order valence-electron chi connectivity index (χ1n) is 7.52. The minimum Gasteiger partial charge on any atom is -0.468 e. The Bertz CT molecular complexity index is 301. The molecule has 5 nitrogen and oxygen atoms in total. The van der Waals surface area contributed by atoms with E-state index in [2.05, 4.69) is 10.2 Å². The van der Waals surface area contributed by atoms with E-state index in [9.17, 15) is 4.79 Å². The molecule has 0 spiro atoms. The number of hydrogen-bond acceptors (Lipinski definition) is 5. The molecule has 1 N–H and O–H groups in total. The van der Waals surface area contributed by atoms with Gasteiger partial charge in [-0.3, -0.25) is 10.1 Å². The Hall–Kier alpha value is -0.650. The molecule has 1 rings (SSSR count). The summed E-state index contributed by atoms with van der Waals surface area (Å²) in [4.78, 5) is 14.4. The lowest BCUT2D eigenvalue weighted by atomic mass is 9.95. The number of methoxy groups -OCH3 is 2. The fourth-order valence-corrected chi connectivity index (χ4v) is 2.85. The van der Waals surface area contributed by atoms with Crippen molar-refractivity contribution in [3.05, 3.63) is 0 Å². The zero-order valence-corrected chi connectivity index (χ0v) is 13.6. The lowest BCUT2D eigenvalue weighted by Gasteiger charge is -2.35. The van der Waals surface area contributed by atoms with Gasteiger partial charge in [0.15, 0.2) is 0 Å². The Kier molecular flexibility index (Phi) is 6.92. The summed E-state index contributed by atoms with van der Waals surface area (Å²) in [6.45, 7) is 9.01. The van der Waals surface area contributed by atoms with Crippen molar-refractivity contribution in [1.29, 1.82) is 0 Å². The third-order valence-electron chi connectivity index (χ3n) is 4.04. The fourth-order valence-electron chi connectivity index (χ4n) is 2.85. The first-order chi connectivity index (χ1) is 9.41. The van der Waals surface area contributed by atoms with Crippen LogP contribution in [0.3, 0.4) is 0 Å². The molecule has 5 heteroatoms. The van der Waals surface area contributed by atoms with Crippen molar-refractivity contribution in [1.82, 2.24) is 10.2 Å². The van der Waals surface area contributed by atoms with Crippen LogP contribution in [0.15, 0.2) is 0 Å². The third kappa shape index (κ3) is 5.04. The molecule has 1 atom stereocenters. The van der Waals surface area contributed by atoms with Gasteiger partial charge in [-0.15, -0.1) is 0 Å². The molecule has 1 saturated heterocycles. The van der Waals surface area contributed by atoms with Crippen LogP contribution in [0.4, 0.5) is 0 Å². The first-order valence-corrected chi connectivity index (χ1v) is 7.52. The van der Waals surface area contributed by atoms with Crippen molar-refractivity contribution in [3.63, 3.8) is 0 Å². The van der Waals surface area contributed by atoms with Crippen molar-refractivity contribution in [2.45, 2.75) is 57.7 Å². The van der Waals surface area contributed by atoms with E-state index in [-0.39, 0.29) is 12.0 Å². The minimum absolute atomic E-state index is 0.182. The van der Waals surface area contributed by atoms with Crippen LogP contribution in [-0.2, 0) is 14.3 Å². The number of nitrogens with one attached hydrogen (secondary N) is 1. The van der Waals surface area contributed by atoms with Crippen molar-refractivity contribution in [2.24, 2.45) is 0 Å². The number of hydrogen-bond donors (Lipinski definition) is 1. The molecule has 0 bridgehead atoms. The second kappa shape index (κ2) is 7.96. The molecule has 1 fully saturated rings. The zero-order chi connectivity index (χ0) is 15.2. The molecule has 1 aliphatic rings. The molecule has 0 aromatic carbocycles. The van der Waals surface area contributed by atoms with E-state index in [1.165, 1.54) is 7.11 Å². The molecule has 0 aromatic rings. The molecule has 0 aromatic heterocycles. The maximum absolute atomic E-state index is 12.0. The van der Waals surface area contributed by atoms with Gasteiger partial charge in [-0.05, 0) is 40.0 Å². The molecule has 0 radical (unpaired) electrons. The van der Waals surface area contributed by atoms with E-state index in [0.717, 1.165) is 38.9 Å². The predicted octanol–water partition coefficient (Wildman–Crippen LogP) is 1.42. The van der Waals surface area contributed by atoms with E-state index in [4.69, 9.17) is 9.47 Å². The number of nitrogens with zero attached hydrogens (tertiary/aromatic N) is 1. The van der Waals surface area contributed by atoms with Crippen LogP contribution in [-0.4, -0.2) is 62.4 Å². The number of rotatable bonds is 7. The number of likely N-dealkylation sites (tertiary alicyclic amines) is 1. The highest BCUT2D eigenvalue weighted by atomic mass is 16.5. The van der Waals surface area contributed by atoms with Crippen LogP contribution >= 0.6 is 0 Å². The molecular weight excluding hydrogens is 256 g/mol. The summed E-state index contributed by atoms with van der Waals surface area (Å²) in [5.41, 5.74) is -0.610. The standard InChI is InChI=1S/C15H30N2O3/c1-12(2)16-15(3,14(18)20-5)8-11-17-9-6-13(19-4)7-10-17/h12-13,16H,6-11H2,1-5H3. The lowest BCUT2D eigenvalue weighted by Crippen LogP contribution is -2.54. The normalized spacial score (nSPS) is 20.9. The topological polar surface area (TPSA) is 50.8 Å². The highest BCUT2D eigenvalue weighted by Gasteiger charge is 2.35. The maximum atomic E-state index is 12.0. The number of piperidine rings is 1. The molecule has 0 saturated carbocycles. The van der Waals surface area contributed by atoms with E-state index in [1.807, 2.05) is 20.8 Å². The predicted molar refractivity (Wildman–Crippen MR) is 79.8 cm³/mol. The van der Waals surface area contributed by atoms with E-state index in [0.29, 0.717) is 6.10 Å². The van der Waals surface area contributed by atoms with Gasteiger partial charge in [0, 0.05) is 32.8 Å². The Labute approximate surface area is 123 Å². The van der Waals surface area contributed by atoms with Gasteiger partial charge in [-0.1, -0.05) is 0 Å². The van der Waals surface area contributed by atoms with Gasteiger partial charge in [0.05, 0.1) is 13.2 Å². The van der Waals surface area contributed by atoms with E-state index < -0.39 is 5.54 Å². The molecule has 0 aliphatic carbocycles. The highest BCUT2D eigenvalue weighted by Crippen LogP contribution is 2.18. The number of carbonyl (C=O) groups is 1. The average Bonchev–Trinajstić information content (AvgIpc) is 2.44. The van der Waals surface area contributed by atoms with Crippen LogP contribution in [0, 0.1) is 0 Å². The average molecular weight is 286 g/mol. The molecule has 20 heavy (non-hydrogen) atoms. The summed E-state index contributed by atoms with van der Waals surface area (Å²) in [6.07, 6.45) is 3.30. The smallest absolute Gasteiger partial charge is 0.325 e. The summed E-state index contributed by atoms with van der Waals surface area (Å²) in [5, 5.41) is 3.34. The summed E-state index contributed by atoms with van der Waals surface area (Å²) in [7, 11) is 3.23. The highest BCUT2D eigenvalue weighted by molar-refractivity contribution is 5.80. The quantitative estimate of drug-likeness (QED) is 0.717. The van der Waals surface area contributed by atoms with Crippen molar-refractivity contribution in [2.75, 3.05) is 33.9 Å². The molecule has 1 aliphatic heterocycles. The van der Waals surface area contributed by atoms with Gasteiger partial charge >= 0.3 is 5.97 Å². The summed E-state index contributed by atoms with van der Waals surface area (Å²) in [5.74, 6) is -0.182. The van der Waals surface area contributed by atoms with Crippen LogP contribution in [0.5, 0.6) is 0 Å². The van der Waals surface area contributed by atoms with E-state index in [1.54, 1.807) is 7.11 Å². The second-order valence-electron chi connectivity index (χ2n) is 6.15. The summed E-state index contributed by atoms with van der Waals surface area (Å²) in [6, 6.07) is 0.248. The van der Waals surface area contributed by atoms with Gasteiger partial charge in [0.25, 0.3) is 0 Å². The van der Waals surface area contributed by atoms with Crippen molar-refractivity contribution >= 4 is 5.97 Å². The number of ether oxygens (including phenoxy) is 2. The Morgan fingerprint density at radius 3 is 2.40 bits per heavy atom. The third-order valence-corrected chi connectivity index (χ3v) is 4.04. The van der Waals surface area contributed by atoms with Crippen molar-refractivity contribution < 1.29 is 14.3 Å². The number of esters is 1. The monoisotopic (exact) mass is 286 g/mol. The van der Waals surface area contributed by atoms with Gasteiger partial charge in [0.1, 0.15) is 5.54 Å². The molecule has 1 unspecified atom stereocenters. The van der Waals surface area contributed by atoms with Gasteiger partial charge in [-0.25, -0.2) is 0 Å². The van der Waals surface area contributed by atoms with Crippen LogP contribution < -0.4 is 5.32 Å². The van der Waals surface area contributed by atoms with Crippen LogP contribution in [0.2, 0.25) is 0 Å². The van der Waals surface area contributed by atoms with Gasteiger partial charge < -0.3 is 14.4 Å². The Balaban J connectivity index is 2.48. The lowest BCUT2D eigenvalue weighted by molar-refractivity contribution is -0.148. The number of carbonyl (C=O) groups excluding carboxylic acids is 1. The second-order valence-corrected chi connectivity index (χ2v) is 6.15. The Morgan fingerprint density at radius 1 is 1.35 bits per heavy atom. The zero-order valence-electron chi connectivity index (χ0n) is 13.6. The van der Waals surface area contributed by atoms with Gasteiger partial charge in [-0.2, -0.15) is 0 Å². The minimum atomic E-state index is -0.610. The molecular formula is C15H30N2O3. The van der Waals surface area contributed by atoms with Crippen molar-refractivity contribution in [3.8, 4) is 0 Å². The van der Waals surface area contributed by atoms with Gasteiger partial charge in [0.2, 0.25) is 0 Å². The summed E-state index contributed by atoms with van der Waals surface area (Å²) >= 11 is 0. The summed E-state index contributed by atoms with van der Waals surface area (Å²) < 4.78 is 10.3. The molecule has 1 heterocycles. The van der Waals surface area contributed by atoms with E-state index >= 15 is 0 Å². The Morgan fingerprint density at radius 2 is 1.95 bits per heavy atom. The van der Waals surface area contributed by atoms with Crippen LogP contribution in [0.25, 0.3) is 0 Å². The first kappa shape index (κ1) is 17.4. The molecule has 118 valence electrons. The maximum Gasteiger partial charge on any atom is 0.325 e. The largest absolute Gasteiger partial charge is 0.468 e. The van der Waals surface area contributed by atoms with Crippen LogP contribution in [0.1, 0.15) is 40.0 Å².